The molecule has 1 aromatic carbocycles. The molecule has 0 fully saturated rings. The molecule has 0 amide bonds. The van der Waals surface area contributed by atoms with E-state index in [4.69, 9.17) is 0 Å². The first-order chi connectivity index (χ1) is 7.33. The molecule has 0 heterocycles. The van der Waals surface area contributed by atoms with Gasteiger partial charge in [-0.1, -0.05) is 6.07 Å². The molecule has 0 atom stereocenters. The Bertz CT molecular complexity index is 503. The van der Waals surface area contributed by atoms with Gasteiger partial charge in [-0.05, 0) is 23.2 Å². The van der Waals surface area contributed by atoms with E-state index in [0.717, 1.165) is 0 Å². The quantitative estimate of drug-likeness (QED) is 0.458. The molecular formula is C8H10AgN3O4S. The Balaban J connectivity index is 0.00000256. The van der Waals surface area contributed by atoms with Gasteiger partial charge in [-0.15, -0.1) is 0 Å². The van der Waals surface area contributed by atoms with E-state index >= 15 is 0 Å². The third-order valence-corrected chi connectivity index (χ3v) is 3.00. The van der Waals surface area contributed by atoms with E-state index in [2.05, 4.69) is 4.83 Å². The van der Waals surface area contributed by atoms with Gasteiger partial charge in [0.25, 0.3) is 0 Å². The summed E-state index contributed by atoms with van der Waals surface area (Å²) in [6.07, 6.45) is 0. The molecule has 0 aromatic heterocycles. The number of nitro groups is 1. The number of nitrogens with zero attached hydrogens (tertiary/aromatic N) is 3. The van der Waals surface area contributed by atoms with Gasteiger partial charge < -0.3 is 4.90 Å². The minimum absolute atomic E-state index is 0. The van der Waals surface area contributed by atoms with Crippen LogP contribution in [0.5, 0.6) is 0 Å². The Morgan fingerprint density at radius 1 is 1.35 bits per heavy atom. The predicted octanol–water partition coefficient (Wildman–Crippen LogP) is 1.00. The number of hydrogen-bond acceptors (Lipinski definition) is 5. The van der Waals surface area contributed by atoms with Gasteiger partial charge in [0.15, 0.2) is 10.0 Å². The molecule has 98 valence electrons. The molecule has 1 aromatic rings. The Kier molecular flexibility index (Phi) is 5.62. The van der Waals surface area contributed by atoms with Crippen molar-refractivity contribution in [2.75, 3.05) is 19.0 Å². The zero-order chi connectivity index (χ0) is 12.3. The molecule has 0 aliphatic carbocycles. The molecule has 0 saturated heterocycles. The minimum Gasteiger partial charge on any atom is -0.378 e. The Morgan fingerprint density at radius 2 is 1.94 bits per heavy atom. The largest absolute Gasteiger partial charge is 1.00 e. The summed E-state index contributed by atoms with van der Waals surface area (Å²) in [6, 6.07) is 5.76. The zero-order valence-electron chi connectivity index (χ0n) is 8.99. The van der Waals surface area contributed by atoms with E-state index in [1.54, 1.807) is 25.1 Å². The average molecular weight is 352 g/mol. The maximum absolute atomic E-state index is 11.4. The molecule has 0 aliphatic heterocycles. The molecule has 0 saturated carbocycles. The van der Waals surface area contributed by atoms with Crippen LogP contribution < -0.4 is 4.90 Å². The smallest absolute Gasteiger partial charge is 0.378 e. The van der Waals surface area contributed by atoms with Crippen LogP contribution in [0.4, 0.5) is 5.69 Å². The van der Waals surface area contributed by atoms with Gasteiger partial charge in [-0.2, -0.15) is 0 Å². The maximum atomic E-state index is 11.4. The van der Waals surface area contributed by atoms with Crippen molar-refractivity contribution in [3.05, 3.63) is 39.2 Å². The van der Waals surface area contributed by atoms with Gasteiger partial charge in [0.1, 0.15) is 0 Å². The van der Waals surface area contributed by atoms with Gasteiger partial charge in [-0.25, -0.2) is 8.42 Å². The van der Waals surface area contributed by atoms with E-state index in [1.807, 2.05) is 0 Å². The van der Waals surface area contributed by atoms with E-state index < -0.39 is 15.1 Å². The van der Waals surface area contributed by atoms with Crippen LogP contribution in [0.1, 0.15) is 0 Å². The van der Waals surface area contributed by atoms with E-state index in [1.165, 1.54) is 18.2 Å². The molecule has 0 unspecified atom stereocenters. The van der Waals surface area contributed by atoms with Crippen molar-refractivity contribution >= 4 is 15.7 Å². The van der Waals surface area contributed by atoms with Crippen molar-refractivity contribution in [2.24, 2.45) is 0 Å². The molecule has 0 radical (unpaired) electrons. The third kappa shape index (κ3) is 4.35. The van der Waals surface area contributed by atoms with Gasteiger partial charge in [-0.3, -0.25) is 14.9 Å². The number of benzene rings is 1. The second-order valence-corrected chi connectivity index (χ2v) is 4.77. The maximum Gasteiger partial charge on any atom is 1.00 e. The monoisotopic (exact) mass is 351 g/mol. The summed E-state index contributed by atoms with van der Waals surface area (Å²) in [5.41, 5.74) is 0.625. The molecule has 0 N–H and O–H groups in total. The van der Waals surface area contributed by atoms with Crippen molar-refractivity contribution in [2.45, 2.75) is 4.90 Å². The molecule has 9 heteroatoms. The molecule has 7 nitrogen and oxygen atoms in total. The second kappa shape index (κ2) is 6.01. The summed E-state index contributed by atoms with van der Waals surface area (Å²) in [4.78, 5) is 14.0. The normalized spacial score (nSPS) is 10.2. The first-order valence-corrected chi connectivity index (χ1v) is 5.66. The zero-order valence-corrected chi connectivity index (χ0v) is 11.3. The van der Waals surface area contributed by atoms with Gasteiger partial charge >= 0.3 is 22.4 Å². The van der Waals surface area contributed by atoms with Crippen molar-refractivity contribution in [1.29, 1.82) is 0 Å². The summed E-state index contributed by atoms with van der Waals surface area (Å²) < 4.78 is 22.8. The van der Waals surface area contributed by atoms with Gasteiger partial charge in [0.05, 0.1) is 4.90 Å². The Hall–Kier alpha value is -1.09. The summed E-state index contributed by atoms with van der Waals surface area (Å²) in [6.45, 7) is 0. The van der Waals surface area contributed by atoms with Crippen molar-refractivity contribution < 1.29 is 35.8 Å². The molecule has 0 spiro atoms. The second-order valence-electron chi connectivity index (χ2n) is 3.19. The molecule has 17 heavy (non-hydrogen) atoms. The topological polar surface area (TPSA) is 94.6 Å². The summed E-state index contributed by atoms with van der Waals surface area (Å²) in [5, 5.41) is 8.83. The predicted molar refractivity (Wildman–Crippen MR) is 58.3 cm³/mol. The van der Waals surface area contributed by atoms with Crippen LogP contribution in [-0.2, 0) is 32.4 Å². The van der Waals surface area contributed by atoms with Crippen molar-refractivity contribution in [3.63, 3.8) is 0 Å². The number of anilines is 1. The molecule has 0 aliphatic rings. The number of sulfonamides is 1. The summed E-state index contributed by atoms with van der Waals surface area (Å²) in [7, 11) is -0.751. The van der Waals surface area contributed by atoms with E-state index in [9.17, 15) is 18.5 Å². The van der Waals surface area contributed by atoms with Crippen LogP contribution in [-0.4, -0.2) is 27.5 Å². The molecule has 1 rings (SSSR count). The third-order valence-electron chi connectivity index (χ3n) is 1.81. The van der Waals surface area contributed by atoms with Crippen LogP contribution in [0.2, 0.25) is 0 Å². The summed E-state index contributed by atoms with van der Waals surface area (Å²) >= 11 is 0. The Labute approximate surface area is 114 Å². The fraction of sp³-hybridized carbons (Fsp3) is 0.250. The van der Waals surface area contributed by atoms with Crippen LogP contribution in [0.25, 0.3) is 4.83 Å². The average Bonchev–Trinajstić information content (AvgIpc) is 2.16. The first kappa shape index (κ1) is 15.9. The van der Waals surface area contributed by atoms with Crippen LogP contribution in [0.15, 0.2) is 29.2 Å². The standard InChI is InChI=1S/C8H10N3O4S.Ag/c1-10(2)7-4-3-5-8(6-7)16(14,15)9-11(12)13;/h3-6H,1-2H3;/q-1;+1. The molecular weight excluding hydrogens is 342 g/mol. The van der Waals surface area contributed by atoms with E-state index in [0.29, 0.717) is 5.69 Å². The number of rotatable bonds is 4. The minimum atomic E-state index is -4.22. The van der Waals surface area contributed by atoms with Gasteiger partial charge in [0.2, 0.25) is 0 Å². The molecule has 0 bridgehead atoms. The fourth-order valence-electron chi connectivity index (χ4n) is 1.06. The van der Waals surface area contributed by atoms with Crippen LogP contribution in [0.3, 0.4) is 0 Å². The number of hydrogen-bond donors (Lipinski definition) is 0. The van der Waals surface area contributed by atoms with Crippen molar-refractivity contribution in [1.82, 2.24) is 0 Å². The fourth-order valence-corrected chi connectivity index (χ4v) is 1.85. The van der Waals surface area contributed by atoms with Crippen LogP contribution >= 0.6 is 0 Å². The van der Waals surface area contributed by atoms with Gasteiger partial charge in [0, 0.05) is 19.8 Å². The van der Waals surface area contributed by atoms with Crippen molar-refractivity contribution in [3.8, 4) is 0 Å². The summed E-state index contributed by atoms with van der Waals surface area (Å²) in [5.74, 6) is 0. The van der Waals surface area contributed by atoms with E-state index in [-0.39, 0.29) is 27.3 Å². The first-order valence-electron chi connectivity index (χ1n) is 4.22. The SMILES string of the molecule is CN(C)c1cccc(S(=O)(=O)[N-][N+](=O)[O-])c1.[Ag+]. The van der Waals surface area contributed by atoms with Crippen LogP contribution in [0, 0.1) is 10.1 Å². The Morgan fingerprint density at radius 3 is 2.41 bits per heavy atom.